The van der Waals surface area contributed by atoms with Crippen LogP contribution in [0, 0.1) is 0 Å². The normalized spacial score (nSPS) is 10.6. The SMILES string of the molecule is CCN(CC)C(=O)CN(C)C(=O)CCNC(C)C. The van der Waals surface area contributed by atoms with Gasteiger partial charge >= 0.3 is 0 Å². The van der Waals surface area contributed by atoms with Gasteiger partial charge in [-0.3, -0.25) is 9.59 Å². The van der Waals surface area contributed by atoms with E-state index in [1.54, 1.807) is 11.9 Å². The molecule has 0 bridgehead atoms. The van der Waals surface area contributed by atoms with Crippen LogP contribution in [-0.2, 0) is 9.59 Å². The molecule has 2 amide bonds. The van der Waals surface area contributed by atoms with Crippen molar-refractivity contribution >= 4 is 11.8 Å². The van der Waals surface area contributed by atoms with Crippen LogP contribution >= 0.6 is 0 Å². The summed E-state index contributed by atoms with van der Waals surface area (Å²) in [6.07, 6.45) is 0.431. The zero-order valence-electron chi connectivity index (χ0n) is 12.3. The number of nitrogens with one attached hydrogen (secondary N) is 1. The van der Waals surface area contributed by atoms with Gasteiger partial charge in [0.25, 0.3) is 0 Å². The molecule has 18 heavy (non-hydrogen) atoms. The van der Waals surface area contributed by atoms with E-state index in [1.807, 2.05) is 27.7 Å². The highest BCUT2D eigenvalue weighted by molar-refractivity contribution is 5.84. The largest absolute Gasteiger partial charge is 0.342 e. The van der Waals surface area contributed by atoms with Crippen LogP contribution in [-0.4, -0.2) is 60.9 Å². The van der Waals surface area contributed by atoms with E-state index in [9.17, 15) is 9.59 Å². The second kappa shape index (κ2) is 8.91. The lowest BCUT2D eigenvalue weighted by molar-refractivity contribution is -0.139. The van der Waals surface area contributed by atoms with E-state index in [2.05, 4.69) is 5.32 Å². The van der Waals surface area contributed by atoms with Crippen LogP contribution in [0.2, 0.25) is 0 Å². The van der Waals surface area contributed by atoms with Gasteiger partial charge < -0.3 is 15.1 Å². The smallest absolute Gasteiger partial charge is 0.242 e. The second-order valence-corrected chi connectivity index (χ2v) is 4.67. The molecule has 0 aromatic rings. The average molecular weight is 257 g/mol. The van der Waals surface area contributed by atoms with Gasteiger partial charge in [0.2, 0.25) is 11.8 Å². The minimum atomic E-state index is 0.00339. The molecule has 0 aliphatic rings. The highest BCUT2D eigenvalue weighted by atomic mass is 16.2. The van der Waals surface area contributed by atoms with Crippen molar-refractivity contribution in [3.05, 3.63) is 0 Å². The number of hydrogen-bond acceptors (Lipinski definition) is 3. The van der Waals surface area contributed by atoms with Gasteiger partial charge in [-0.05, 0) is 13.8 Å². The number of carbonyl (C=O) groups excluding carboxylic acids is 2. The van der Waals surface area contributed by atoms with E-state index in [0.29, 0.717) is 32.1 Å². The molecular weight excluding hydrogens is 230 g/mol. The third-order valence-electron chi connectivity index (χ3n) is 2.81. The fourth-order valence-electron chi connectivity index (χ4n) is 1.63. The van der Waals surface area contributed by atoms with Crippen molar-refractivity contribution in [1.82, 2.24) is 15.1 Å². The first-order chi connectivity index (χ1) is 8.42. The topological polar surface area (TPSA) is 52.7 Å². The number of likely N-dealkylation sites (N-methyl/N-ethyl adjacent to an activating group) is 2. The van der Waals surface area contributed by atoms with E-state index < -0.39 is 0 Å². The molecular formula is C13H27N3O2. The van der Waals surface area contributed by atoms with Gasteiger partial charge in [-0.25, -0.2) is 0 Å². The molecule has 106 valence electrons. The van der Waals surface area contributed by atoms with Crippen molar-refractivity contribution in [3.8, 4) is 0 Å². The molecule has 0 aromatic heterocycles. The molecule has 0 saturated heterocycles. The molecule has 0 aliphatic carbocycles. The molecule has 0 radical (unpaired) electrons. The number of carbonyl (C=O) groups is 2. The number of nitrogens with zero attached hydrogens (tertiary/aromatic N) is 2. The Morgan fingerprint density at radius 2 is 1.67 bits per heavy atom. The lowest BCUT2D eigenvalue weighted by Gasteiger charge is -2.23. The lowest BCUT2D eigenvalue weighted by atomic mass is 10.3. The molecule has 0 aromatic carbocycles. The molecule has 0 rings (SSSR count). The maximum atomic E-state index is 11.8. The molecule has 0 saturated carbocycles. The summed E-state index contributed by atoms with van der Waals surface area (Å²) in [5.41, 5.74) is 0. The number of amides is 2. The summed E-state index contributed by atoms with van der Waals surface area (Å²) in [5.74, 6) is 0.0105. The monoisotopic (exact) mass is 257 g/mol. The van der Waals surface area contributed by atoms with Crippen LogP contribution < -0.4 is 5.32 Å². The first-order valence-corrected chi connectivity index (χ1v) is 6.67. The molecule has 5 heteroatoms. The Morgan fingerprint density at radius 3 is 2.11 bits per heavy atom. The zero-order valence-corrected chi connectivity index (χ0v) is 12.3. The Labute approximate surface area is 111 Å². The van der Waals surface area contributed by atoms with Gasteiger partial charge in [-0.15, -0.1) is 0 Å². The Morgan fingerprint density at radius 1 is 1.11 bits per heavy atom. The first kappa shape index (κ1) is 16.9. The number of rotatable bonds is 8. The van der Waals surface area contributed by atoms with Gasteiger partial charge in [-0.2, -0.15) is 0 Å². The predicted octanol–water partition coefficient (Wildman–Crippen LogP) is 0.701. The van der Waals surface area contributed by atoms with Gasteiger partial charge in [0.05, 0.1) is 6.54 Å². The lowest BCUT2D eigenvalue weighted by Crippen LogP contribution is -2.41. The van der Waals surface area contributed by atoms with Crippen molar-refractivity contribution < 1.29 is 9.59 Å². The van der Waals surface area contributed by atoms with E-state index in [-0.39, 0.29) is 18.4 Å². The molecule has 0 fully saturated rings. The fraction of sp³-hybridized carbons (Fsp3) is 0.846. The van der Waals surface area contributed by atoms with Crippen LogP contribution in [0.25, 0.3) is 0 Å². The highest BCUT2D eigenvalue weighted by Crippen LogP contribution is 1.95. The van der Waals surface area contributed by atoms with Crippen molar-refractivity contribution in [2.75, 3.05) is 33.2 Å². The summed E-state index contributed by atoms with van der Waals surface area (Å²) < 4.78 is 0. The quantitative estimate of drug-likeness (QED) is 0.696. The van der Waals surface area contributed by atoms with Crippen molar-refractivity contribution in [2.24, 2.45) is 0 Å². The van der Waals surface area contributed by atoms with Crippen molar-refractivity contribution in [3.63, 3.8) is 0 Å². The third kappa shape index (κ3) is 6.59. The molecule has 0 heterocycles. The minimum absolute atomic E-state index is 0.00339. The average Bonchev–Trinajstić information content (AvgIpc) is 2.29. The molecule has 0 atom stereocenters. The zero-order chi connectivity index (χ0) is 14.1. The maximum absolute atomic E-state index is 11.8. The van der Waals surface area contributed by atoms with Crippen LogP contribution in [0.1, 0.15) is 34.1 Å². The third-order valence-corrected chi connectivity index (χ3v) is 2.81. The highest BCUT2D eigenvalue weighted by Gasteiger charge is 2.15. The van der Waals surface area contributed by atoms with Gasteiger partial charge in [0.1, 0.15) is 0 Å². The minimum Gasteiger partial charge on any atom is -0.342 e. The van der Waals surface area contributed by atoms with E-state index in [4.69, 9.17) is 0 Å². The van der Waals surface area contributed by atoms with E-state index in [0.717, 1.165) is 0 Å². The standard InChI is InChI=1S/C13H27N3O2/c1-6-16(7-2)13(18)10-15(5)12(17)8-9-14-11(3)4/h11,14H,6-10H2,1-5H3. The van der Waals surface area contributed by atoms with Crippen LogP contribution in [0.3, 0.4) is 0 Å². The Kier molecular flexibility index (Phi) is 8.37. The summed E-state index contributed by atoms with van der Waals surface area (Å²) in [6.45, 7) is 10.2. The van der Waals surface area contributed by atoms with Crippen molar-refractivity contribution in [2.45, 2.75) is 40.2 Å². The molecule has 0 unspecified atom stereocenters. The van der Waals surface area contributed by atoms with E-state index in [1.165, 1.54) is 4.90 Å². The fourth-order valence-corrected chi connectivity index (χ4v) is 1.63. The maximum Gasteiger partial charge on any atom is 0.242 e. The Balaban J connectivity index is 4.03. The number of hydrogen-bond donors (Lipinski definition) is 1. The van der Waals surface area contributed by atoms with Crippen LogP contribution in [0.15, 0.2) is 0 Å². The van der Waals surface area contributed by atoms with Gasteiger partial charge in [0.15, 0.2) is 0 Å². The summed E-state index contributed by atoms with van der Waals surface area (Å²) >= 11 is 0. The Hall–Kier alpha value is -1.10. The Bertz CT molecular complexity index is 263. The summed E-state index contributed by atoms with van der Waals surface area (Å²) in [4.78, 5) is 26.8. The van der Waals surface area contributed by atoms with Crippen molar-refractivity contribution in [1.29, 1.82) is 0 Å². The predicted molar refractivity (Wildman–Crippen MR) is 73.3 cm³/mol. The summed E-state index contributed by atoms with van der Waals surface area (Å²) in [5, 5.41) is 3.19. The van der Waals surface area contributed by atoms with E-state index >= 15 is 0 Å². The molecule has 5 nitrogen and oxygen atoms in total. The van der Waals surface area contributed by atoms with Crippen LogP contribution in [0.4, 0.5) is 0 Å². The molecule has 0 aliphatic heterocycles. The molecule has 0 spiro atoms. The summed E-state index contributed by atoms with van der Waals surface area (Å²) in [6, 6.07) is 0.375. The van der Waals surface area contributed by atoms with Gasteiger partial charge in [0, 0.05) is 39.1 Å². The van der Waals surface area contributed by atoms with Gasteiger partial charge in [-0.1, -0.05) is 13.8 Å². The first-order valence-electron chi connectivity index (χ1n) is 6.67. The second-order valence-electron chi connectivity index (χ2n) is 4.67. The van der Waals surface area contributed by atoms with Crippen LogP contribution in [0.5, 0.6) is 0 Å². The summed E-state index contributed by atoms with van der Waals surface area (Å²) in [7, 11) is 1.68. The molecule has 1 N–H and O–H groups in total.